The Morgan fingerprint density at radius 2 is 2.00 bits per heavy atom. The second-order valence-corrected chi connectivity index (χ2v) is 7.44. The SMILES string of the molecule is O=CC1(CN(Cc2ccsc2)C2CC2)CCCCCC1. The van der Waals surface area contributed by atoms with E-state index in [0.29, 0.717) is 0 Å². The molecule has 3 heteroatoms. The van der Waals surface area contributed by atoms with Crippen molar-refractivity contribution in [1.29, 1.82) is 0 Å². The standard InChI is InChI=1S/C17H25NOS/c19-14-17(8-3-1-2-4-9-17)13-18(16-5-6-16)11-15-7-10-20-12-15/h7,10,12,14,16H,1-6,8-9,11,13H2. The maximum atomic E-state index is 11.8. The number of carbonyl (C=O) groups is 1. The Kier molecular flexibility index (Phi) is 4.57. The van der Waals surface area contributed by atoms with Crippen molar-refractivity contribution in [2.45, 2.75) is 64.0 Å². The Hall–Kier alpha value is -0.670. The Morgan fingerprint density at radius 1 is 1.25 bits per heavy atom. The Bertz CT molecular complexity index is 416. The molecule has 2 nitrogen and oxygen atoms in total. The van der Waals surface area contributed by atoms with Gasteiger partial charge >= 0.3 is 0 Å². The number of hydrogen-bond donors (Lipinski definition) is 0. The number of hydrogen-bond acceptors (Lipinski definition) is 3. The first-order valence-electron chi connectivity index (χ1n) is 8.03. The molecule has 1 aromatic heterocycles. The number of carbonyl (C=O) groups excluding carboxylic acids is 1. The maximum absolute atomic E-state index is 11.8. The van der Waals surface area contributed by atoms with Crippen molar-refractivity contribution in [3.8, 4) is 0 Å². The summed E-state index contributed by atoms with van der Waals surface area (Å²) in [6.45, 7) is 2.01. The molecule has 2 aliphatic carbocycles. The van der Waals surface area contributed by atoms with Crippen LogP contribution in [0.25, 0.3) is 0 Å². The average Bonchev–Trinajstić information content (AvgIpc) is 3.23. The van der Waals surface area contributed by atoms with Gasteiger partial charge in [-0.15, -0.1) is 0 Å². The zero-order valence-electron chi connectivity index (χ0n) is 12.2. The van der Waals surface area contributed by atoms with Crippen molar-refractivity contribution in [2.75, 3.05) is 6.54 Å². The van der Waals surface area contributed by atoms with Gasteiger partial charge in [-0.3, -0.25) is 4.90 Å². The zero-order valence-corrected chi connectivity index (χ0v) is 13.0. The van der Waals surface area contributed by atoms with Gasteiger partial charge in [0.1, 0.15) is 6.29 Å². The van der Waals surface area contributed by atoms with Gasteiger partial charge in [0.2, 0.25) is 0 Å². The fraction of sp³-hybridized carbons (Fsp3) is 0.706. The smallest absolute Gasteiger partial charge is 0.127 e. The van der Waals surface area contributed by atoms with Gasteiger partial charge in [-0.25, -0.2) is 0 Å². The van der Waals surface area contributed by atoms with Crippen LogP contribution in [0.2, 0.25) is 0 Å². The highest BCUT2D eigenvalue weighted by molar-refractivity contribution is 7.07. The summed E-state index contributed by atoms with van der Waals surface area (Å²) < 4.78 is 0. The normalized spacial score (nSPS) is 22.6. The van der Waals surface area contributed by atoms with Gasteiger partial charge in [-0.05, 0) is 48.1 Å². The number of nitrogens with zero attached hydrogens (tertiary/aromatic N) is 1. The van der Waals surface area contributed by atoms with Crippen LogP contribution in [0.5, 0.6) is 0 Å². The molecule has 0 amide bonds. The summed E-state index contributed by atoms with van der Waals surface area (Å²) in [4.78, 5) is 14.4. The van der Waals surface area contributed by atoms with Gasteiger partial charge < -0.3 is 4.79 Å². The van der Waals surface area contributed by atoms with E-state index in [0.717, 1.165) is 32.0 Å². The van der Waals surface area contributed by atoms with E-state index in [1.165, 1.54) is 50.4 Å². The van der Waals surface area contributed by atoms with Crippen LogP contribution in [0.3, 0.4) is 0 Å². The summed E-state index contributed by atoms with van der Waals surface area (Å²) in [6, 6.07) is 2.95. The number of aldehydes is 1. The molecule has 0 radical (unpaired) electrons. The summed E-state index contributed by atoms with van der Waals surface area (Å²) in [5.74, 6) is 0. The van der Waals surface area contributed by atoms with Crippen LogP contribution in [-0.4, -0.2) is 23.8 Å². The topological polar surface area (TPSA) is 20.3 Å². The first-order valence-corrected chi connectivity index (χ1v) is 8.97. The van der Waals surface area contributed by atoms with E-state index in [2.05, 4.69) is 21.7 Å². The molecule has 0 aliphatic heterocycles. The number of thiophene rings is 1. The average molecular weight is 291 g/mol. The first kappa shape index (κ1) is 14.3. The molecule has 1 aromatic rings. The Labute approximate surface area is 126 Å². The fourth-order valence-electron chi connectivity index (χ4n) is 3.52. The highest BCUT2D eigenvalue weighted by Crippen LogP contribution is 2.38. The molecule has 2 saturated carbocycles. The molecule has 2 fully saturated rings. The second-order valence-electron chi connectivity index (χ2n) is 6.66. The van der Waals surface area contributed by atoms with Crippen LogP contribution < -0.4 is 0 Å². The molecule has 0 aromatic carbocycles. The predicted octanol–water partition coefficient (Wildman–Crippen LogP) is 4.25. The monoisotopic (exact) mass is 291 g/mol. The van der Waals surface area contributed by atoms with Crippen LogP contribution in [0.4, 0.5) is 0 Å². The molecule has 110 valence electrons. The predicted molar refractivity (Wildman–Crippen MR) is 84.0 cm³/mol. The summed E-state index contributed by atoms with van der Waals surface area (Å²) in [7, 11) is 0. The van der Waals surface area contributed by atoms with Gasteiger partial charge in [-0.1, -0.05) is 25.7 Å². The van der Waals surface area contributed by atoms with Crippen molar-refractivity contribution in [3.05, 3.63) is 22.4 Å². The van der Waals surface area contributed by atoms with E-state index >= 15 is 0 Å². The molecule has 0 spiro atoms. The van der Waals surface area contributed by atoms with E-state index in [1.807, 2.05) is 0 Å². The lowest BCUT2D eigenvalue weighted by Gasteiger charge is -2.34. The van der Waals surface area contributed by atoms with Crippen LogP contribution in [0.15, 0.2) is 16.8 Å². The van der Waals surface area contributed by atoms with Crippen molar-refractivity contribution in [1.82, 2.24) is 4.90 Å². The van der Waals surface area contributed by atoms with Crippen molar-refractivity contribution >= 4 is 17.6 Å². The summed E-state index contributed by atoms with van der Waals surface area (Å²) in [5, 5.41) is 4.40. The largest absolute Gasteiger partial charge is 0.303 e. The lowest BCUT2D eigenvalue weighted by atomic mass is 9.81. The van der Waals surface area contributed by atoms with Gasteiger partial charge in [0.05, 0.1) is 0 Å². The molecule has 2 aliphatic rings. The van der Waals surface area contributed by atoms with Crippen LogP contribution in [-0.2, 0) is 11.3 Å². The fourth-order valence-corrected chi connectivity index (χ4v) is 4.18. The lowest BCUT2D eigenvalue weighted by Crippen LogP contribution is -2.39. The van der Waals surface area contributed by atoms with Gasteiger partial charge in [0.25, 0.3) is 0 Å². The molecular weight excluding hydrogens is 266 g/mol. The minimum absolute atomic E-state index is 0.0604. The van der Waals surface area contributed by atoms with Crippen LogP contribution in [0, 0.1) is 5.41 Å². The third-order valence-corrected chi connectivity index (χ3v) is 5.63. The maximum Gasteiger partial charge on any atom is 0.127 e. The van der Waals surface area contributed by atoms with Crippen LogP contribution >= 0.6 is 11.3 Å². The number of rotatable bonds is 6. The molecule has 3 rings (SSSR count). The molecular formula is C17H25NOS. The molecule has 0 saturated heterocycles. The van der Waals surface area contributed by atoms with E-state index in [4.69, 9.17) is 0 Å². The second kappa shape index (κ2) is 6.40. The molecule has 20 heavy (non-hydrogen) atoms. The zero-order chi connectivity index (χ0) is 13.8. The molecule has 1 heterocycles. The minimum Gasteiger partial charge on any atom is -0.303 e. The summed E-state index contributed by atoms with van der Waals surface area (Å²) >= 11 is 1.77. The molecule has 0 atom stereocenters. The highest BCUT2D eigenvalue weighted by Gasteiger charge is 2.37. The molecule has 0 bridgehead atoms. The van der Waals surface area contributed by atoms with Crippen molar-refractivity contribution in [2.24, 2.45) is 5.41 Å². The van der Waals surface area contributed by atoms with Crippen molar-refractivity contribution < 1.29 is 4.79 Å². The van der Waals surface area contributed by atoms with E-state index < -0.39 is 0 Å². The van der Waals surface area contributed by atoms with Crippen LogP contribution in [0.1, 0.15) is 56.9 Å². The van der Waals surface area contributed by atoms with Gasteiger partial charge in [0.15, 0.2) is 0 Å². The Morgan fingerprint density at radius 3 is 2.55 bits per heavy atom. The third-order valence-electron chi connectivity index (χ3n) is 4.90. The van der Waals surface area contributed by atoms with Gasteiger partial charge in [0, 0.05) is 24.5 Å². The van der Waals surface area contributed by atoms with Crippen molar-refractivity contribution in [3.63, 3.8) is 0 Å². The van der Waals surface area contributed by atoms with E-state index in [1.54, 1.807) is 11.3 Å². The summed E-state index contributed by atoms with van der Waals surface area (Å²) in [6.07, 6.45) is 11.2. The molecule has 0 unspecified atom stereocenters. The first-order chi connectivity index (χ1) is 9.81. The lowest BCUT2D eigenvalue weighted by molar-refractivity contribution is -0.118. The highest BCUT2D eigenvalue weighted by atomic mass is 32.1. The quantitative estimate of drug-likeness (QED) is 0.577. The third kappa shape index (κ3) is 3.50. The van der Waals surface area contributed by atoms with E-state index in [-0.39, 0.29) is 5.41 Å². The minimum atomic E-state index is -0.0604. The summed E-state index contributed by atoms with van der Waals surface area (Å²) in [5.41, 5.74) is 1.35. The molecule has 0 N–H and O–H groups in total. The Balaban J connectivity index is 1.69. The van der Waals surface area contributed by atoms with Gasteiger partial charge in [-0.2, -0.15) is 11.3 Å². The van der Waals surface area contributed by atoms with E-state index in [9.17, 15) is 4.79 Å².